The third-order valence-corrected chi connectivity index (χ3v) is 4.66. The number of hydrogen-bond donors (Lipinski definition) is 0. The van der Waals surface area contributed by atoms with E-state index in [4.69, 9.17) is 14.0 Å². The van der Waals surface area contributed by atoms with Crippen molar-refractivity contribution in [3.05, 3.63) is 11.5 Å². The molecule has 0 radical (unpaired) electrons. The van der Waals surface area contributed by atoms with Crippen LogP contribution in [0.4, 0.5) is 4.79 Å². The van der Waals surface area contributed by atoms with E-state index in [1.54, 1.807) is 20.8 Å². The van der Waals surface area contributed by atoms with Crippen molar-refractivity contribution in [3.8, 4) is 0 Å². The molecule has 0 aromatic carbocycles. The standard InChI is InChI=1S/C17H28BNO5/c1-11-9-12(18-23-16(5,6)17(7,8)24-18)10-13(20)19(11)14(21)22-15(2,3)4/h10-11H,9H2,1-8H3. The van der Waals surface area contributed by atoms with E-state index in [0.29, 0.717) is 6.42 Å². The Bertz CT molecular complexity index is 560. The van der Waals surface area contributed by atoms with E-state index >= 15 is 0 Å². The van der Waals surface area contributed by atoms with Crippen molar-refractivity contribution < 1.29 is 23.6 Å². The Morgan fingerprint density at radius 1 is 1.25 bits per heavy atom. The van der Waals surface area contributed by atoms with Gasteiger partial charge in [-0.3, -0.25) is 4.79 Å². The summed E-state index contributed by atoms with van der Waals surface area (Å²) >= 11 is 0. The highest BCUT2D eigenvalue weighted by atomic mass is 16.7. The highest BCUT2D eigenvalue weighted by Gasteiger charge is 2.53. The molecule has 2 rings (SSSR count). The molecular weight excluding hydrogens is 309 g/mol. The number of rotatable bonds is 1. The molecule has 0 N–H and O–H groups in total. The Kier molecular flexibility index (Phi) is 4.65. The summed E-state index contributed by atoms with van der Waals surface area (Å²) in [6.45, 7) is 15.0. The fraction of sp³-hybridized carbons (Fsp3) is 0.765. The van der Waals surface area contributed by atoms with Crippen LogP contribution in [0.25, 0.3) is 0 Å². The van der Waals surface area contributed by atoms with E-state index < -0.39 is 35.9 Å². The molecule has 1 atom stereocenters. The van der Waals surface area contributed by atoms with Gasteiger partial charge in [-0.2, -0.15) is 0 Å². The van der Waals surface area contributed by atoms with Crippen molar-refractivity contribution in [2.75, 3.05) is 0 Å². The van der Waals surface area contributed by atoms with Crippen molar-refractivity contribution in [2.24, 2.45) is 0 Å². The van der Waals surface area contributed by atoms with Gasteiger partial charge in [-0.05, 0) is 73.4 Å². The maximum absolute atomic E-state index is 12.5. The van der Waals surface area contributed by atoms with Crippen molar-refractivity contribution in [1.82, 2.24) is 4.90 Å². The summed E-state index contributed by atoms with van der Waals surface area (Å²) in [5.41, 5.74) is -0.821. The SMILES string of the molecule is CC1CC(B2OC(C)(C)C(C)(C)O2)=CC(=O)N1C(=O)OC(C)(C)C. The van der Waals surface area contributed by atoms with Gasteiger partial charge in [-0.25, -0.2) is 9.69 Å². The Hall–Kier alpha value is -1.34. The molecule has 2 aliphatic heterocycles. The molecule has 2 heterocycles. The van der Waals surface area contributed by atoms with Gasteiger partial charge in [0.05, 0.1) is 11.2 Å². The first-order valence-corrected chi connectivity index (χ1v) is 8.36. The van der Waals surface area contributed by atoms with Crippen LogP contribution in [-0.2, 0) is 18.8 Å². The second-order valence-electron chi connectivity index (χ2n) is 8.55. The summed E-state index contributed by atoms with van der Waals surface area (Å²) in [5.74, 6) is -0.396. The topological polar surface area (TPSA) is 65.1 Å². The summed E-state index contributed by atoms with van der Waals surface area (Å²) in [7, 11) is -0.567. The van der Waals surface area contributed by atoms with E-state index in [1.165, 1.54) is 6.08 Å². The lowest BCUT2D eigenvalue weighted by molar-refractivity contribution is -0.127. The van der Waals surface area contributed by atoms with E-state index in [-0.39, 0.29) is 6.04 Å². The van der Waals surface area contributed by atoms with Gasteiger partial charge in [-0.15, -0.1) is 0 Å². The monoisotopic (exact) mass is 337 g/mol. The molecule has 134 valence electrons. The van der Waals surface area contributed by atoms with E-state index in [1.807, 2.05) is 34.6 Å². The largest absolute Gasteiger partial charge is 0.490 e. The molecule has 1 unspecified atom stereocenters. The first kappa shape index (κ1) is 19.0. The highest BCUT2D eigenvalue weighted by molar-refractivity contribution is 6.55. The van der Waals surface area contributed by atoms with E-state index in [2.05, 4.69) is 0 Å². The molecule has 6 nitrogen and oxygen atoms in total. The number of nitrogens with zero attached hydrogens (tertiary/aromatic N) is 1. The van der Waals surface area contributed by atoms with Crippen molar-refractivity contribution in [3.63, 3.8) is 0 Å². The minimum atomic E-state index is -0.646. The normalized spacial score (nSPS) is 26.4. The molecule has 2 amide bonds. The number of carbonyl (C=O) groups is 2. The Morgan fingerprint density at radius 2 is 1.75 bits per heavy atom. The van der Waals surface area contributed by atoms with Crippen molar-refractivity contribution in [2.45, 2.75) is 84.7 Å². The summed E-state index contributed by atoms with van der Waals surface area (Å²) in [5, 5.41) is 0. The second-order valence-corrected chi connectivity index (χ2v) is 8.55. The minimum absolute atomic E-state index is 0.314. The fourth-order valence-electron chi connectivity index (χ4n) is 2.68. The van der Waals surface area contributed by atoms with Crippen LogP contribution in [0.15, 0.2) is 11.5 Å². The van der Waals surface area contributed by atoms with Crippen LogP contribution < -0.4 is 0 Å². The van der Waals surface area contributed by atoms with Gasteiger partial charge in [0.1, 0.15) is 5.60 Å². The molecule has 0 aromatic heterocycles. The molecular formula is C17H28BNO5. The highest BCUT2D eigenvalue weighted by Crippen LogP contribution is 2.40. The second kappa shape index (κ2) is 5.88. The zero-order chi connectivity index (χ0) is 18.5. The van der Waals surface area contributed by atoms with E-state index in [0.717, 1.165) is 10.4 Å². The molecule has 0 bridgehead atoms. The van der Waals surface area contributed by atoms with Crippen LogP contribution in [0, 0.1) is 0 Å². The van der Waals surface area contributed by atoms with Gasteiger partial charge in [0, 0.05) is 6.04 Å². The number of imide groups is 1. The Morgan fingerprint density at radius 3 is 2.17 bits per heavy atom. The quantitative estimate of drug-likeness (QED) is 0.688. The minimum Gasteiger partial charge on any atom is -0.443 e. The third kappa shape index (κ3) is 3.67. The van der Waals surface area contributed by atoms with Crippen LogP contribution in [0.1, 0.15) is 61.8 Å². The molecule has 24 heavy (non-hydrogen) atoms. The van der Waals surface area contributed by atoms with Gasteiger partial charge in [-0.1, -0.05) is 0 Å². The smallest absolute Gasteiger partial charge is 0.443 e. The zero-order valence-corrected chi connectivity index (χ0v) is 15.9. The number of amides is 2. The lowest BCUT2D eigenvalue weighted by atomic mass is 9.73. The molecule has 2 aliphatic rings. The molecule has 0 spiro atoms. The van der Waals surface area contributed by atoms with Gasteiger partial charge in [0.25, 0.3) is 5.91 Å². The predicted octanol–water partition coefficient (Wildman–Crippen LogP) is 3.10. The molecule has 0 saturated carbocycles. The predicted molar refractivity (Wildman–Crippen MR) is 91.3 cm³/mol. The molecule has 1 fully saturated rings. The van der Waals surface area contributed by atoms with Gasteiger partial charge >= 0.3 is 13.2 Å². The number of carbonyl (C=O) groups excluding carboxylic acids is 2. The van der Waals surface area contributed by atoms with Gasteiger partial charge in [0.2, 0.25) is 0 Å². The number of ether oxygens (including phenoxy) is 1. The first-order chi connectivity index (χ1) is 10.7. The van der Waals surface area contributed by atoms with Crippen LogP contribution in [-0.4, -0.2) is 46.9 Å². The summed E-state index contributed by atoms with van der Waals surface area (Å²) in [6.07, 6.45) is 1.32. The van der Waals surface area contributed by atoms with Gasteiger partial charge < -0.3 is 14.0 Å². The lowest BCUT2D eigenvalue weighted by Gasteiger charge is -2.33. The molecule has 1 saturated heterocycles. The fourth-order valence-corrected chi connectivity index (χ4v) is 2.68. The molecule has 0 aromatic rings. The average Bonchev–Trinajstić information content (AvgIpc) is 2.55. The van der Waals surface area contributed by atoms with Crippen LogP contribution >= 0.6 is 0 Å². The van der Waals surface area contributed by atoms with Crippen LogP contribution in [0.3, 0.4) is 0 Å². The van der Waals surface area contributed by atoms with Crippen LogP contribution in [0.5, 0.6) is 0 Å². The first-order valence-electron chi connectivity index (χ1n) is 8.36. The van der Waals surface area contributed by atoms with E-state index in [9.17, 15) is 9.59 Å². The number of hydrogen-bond acceptors (Lipinski definition) is 5. The molecule has 0 aliphatic carbocycles. The zero-order valence-electron chi connectivity index (χ0n) is 15.9. The lowest BCUT2D eigenvalue weighted by Crippen LogP contribution is -2.48. The Labute approximate surface area is 144 Å². The summed E-state index contributed by atoms with van der Waals surface area (Å²) in [6, 6.07) is -0.314. The average molecular weight is 337 g/mol. The Balaban J connectivity index is 2.17. The summed E-state index contributed by atoms with van der Waals surface area (Å²) in [4.78, 5) is 25.9. The van der Waals surface area contributed by atoms with Crippen LogP contribution in [0.2, 0.25) is 0 Å². The van der Waals surface area contributed by atoms with Crippen molar-refractivity contribution >= 4 is 19.1 Å². The van der Waals surface area contributed by atoms with Crippen molar-refractivity contribution in [1.29, 1.82) is 0 Å². The maximum Gasteiger partial charge on any atom is 0.490 e. The summed E-state index contributed by atoms with van der Waals surface area (Å²) < 4.78 is 17.3. The maximum atomic E-state index is 12.5. The third-order valence-electron chi connectivity index (χ3n) is 4.66. The molecule has 7 heteroatoms. The van der Waals surface area contributed by atoms with Gasteiger partial charge in [0.15, 0.2) is 0 Å².